The number of fused-ring (bicyclic) bond motifs is 3. The molecule has 4 rings (SSSR count). The highest BCUT2D eigenvalue weighted by Gasteiger charge is 2.21. The van der Waals surface area contributed by atoms with Crippen LogP contribution in [0.3, 0.4) is 0 Å². The minimum absolute atomic E-state index is 0.218. The Balaban J connectivity index is 1.99. The first-order chi connectivity index (χ1) is 10.2. The van der Waals surface area contributed by atoms with Crippen LogP contribution in [0.15, 0.2) is 18.5 Å². The first-order valence-corrected chi connectivity index (χ1v) is 7.33. The minimum atomic E-state index is 0.218. The van der Waals surface area contributed by atoms with Gasteiger partial charge in [-0.05, 0) is 25.8 Å². The summed E-state index contributed by atoms with van der Waals surface area (Å²) in [7, 11) is 0. The molecule has 108 valence electrons. The SMILES string of the molecule is Cc1nc(N2CCCC(N)C2)c2c(cnc3nccc32)[nH]1. The smallest absolute Gasteiger partial charge is 0.160 e. The number of piperidine rings is 1. The standard InChI is InChI=1S/C15H18N6/c1-9-19-12-7-18-14-11(4-5-17-14)13(12)15(20-9)21-6-2-3-10(16)8-21/h4-5,7,10H,2-3,6,8,16H2,1H3,(H,19,20). The minimum Gasteiger partial charge on any atom is -0.354 e. The van der Waals surface area contributed by atoms with E-state index < -0.39 is 0 Å². The topological polar surface area (TPSA) is 83.7 Å². The summed E-state index contributed by atoms with van der Waals surface area (Å²) in [5.41, 5.74) is 7.90. The second-order valence-corrected chi connectivity index (χ2v) is 5.72. The fourth-order valence-corrected chi connectivity index (χ4v) is 3.16. The van der Waals surface area contributed by atoms with Crippen LogP contribution in [0.25, 0.3) is 21.9 Å². The molecule has 6 heteroatoms. The molecule has 3 aromatic heterocycles. The molecule has 0 spiro atoms. The van der Waals surface area contributed by atoms with E-state index in [2.05, 4.69) is 19.9 Å². The Morgan fingerprint density at radius 2 is 2.29 bits per heavy atom. The van der Waals surface area contributed by atoms with E-state index in [9.17, 15) is 0 Å². The second-order valence-electron chi connectivity index (χ2n) is 5.72. The largest absolute Gasteiger partial charge is 0.354 e. The molecule has 0 bridgehead atoms. The maximum Gasteiger partial charge on any atom is 0.160 e. The van der Waals surface area contributed by atoms with Gasteiger partial charge in [0.15, 0.2) is 5.65 Å². The van der Waals surface area contributed by atoms with Crippen LogP contribution < -0.4 is 10.6 Å². The van der Waals surface area contributed by atoms with E-state index >= 15 is 0 Å². The van der Waals surface area contributed by atoms with Gasteiger partial charge in [0.1, 0.15) is 11.6 Å². The second kappa shape index (κ2) is 4.66. The summed E-state index contributed by atoms with van der Waals surface area (Å²) >= 11 is 0. The highest BCUT2D eigenvalue weighted by molar-refractivity contribution is 6.09. The molecule has 4 heterocycles. The summed E-state index contributed by atoms with van der Waals surface area (Å²) in [6.45, 7) is 3.82. The number of aromatic nitrogens is 4. The Bertz CT molecular complexity index is 808. The van der Waals surface area contributed by atoms with Crippen molar-refractivity contribution in [1.82, 2.24) is 19.9 Å². The number of nitrogens with one attached hydrogen (secondary N) is 1. The number of aryl methyl sites for hydroxylation is 1. The van der Waals surface area contributed by atoms with E-state index in [1.807, 2.05) is 19.2 Å². The molecule has 0 aromatic carbocycles. The third-order valence-electron chi connectivity index (χ3n) is 4.10. The number of hydrogen-bond donors (Lipinski definition) is 2. The van der Waals surface area contributed by atoms with Crippen LogP contribution in [0.2, 0.25) is 0 Å². The number of aromatic amines is 1. The summed E-state index contributed by atoms with van der Waals surface area (Å²) in [6, 6.07) is 2.22. The van der Waals surface area contributed by atoms with E-state index in [0.717, 1.165) is 59.5 Å². The molecule has 1 saturated heterocycles. The molecule has 1 atom stereocenters. The molecule has 1 unspecified atom stereocenters. The Kier molecular flexibility index (Phi) is 2.78. The monoisotopic (exact) mass is 282 g/mol. The summed E-state index contributed by atoms with van der Waals surface area (Å²) in [4.78, 5) is 19.0. The van der Waals surface area contributed by atoms with Gasteiger partial charge in [0.2, 0.25) is 0 Å². The summed E-state index contributed by atoms with van der Waals surface area (Å²) < 4.78 is 0. The molecule has 3 aromatic rings. The zero-order chi connectivity index (χ0) is 14.4. The van der Waals surface area contributed by atoms with Gasteiger partial charge in [-0.25, -0.2) is 15.0 Å². The van der Waals surface area contributed by atoms with Gasteiger partial charge >= 0.3 is 0 Å². The third kappa shape index (κ3) is 2.03. The molecule has 1 aliphatic heterocycles. The van der Waals surface area contributed by atoms with Gasteiger partial charge in [0.05, 0.1) is 17.1 Å². The van der Waals surface area contributed by atoms with Crippen molar-refractivity contribution in [2.75, 3.05) is 18.0 Å². The molecule has 21 heavy (non-hydrogen) atoms. The van der Waals surface area contributed by atoms with Gasteiger partial charge in [-0.2, -0.15) is 0 Å². The third-order valence-corrected chi connectivity index (χ3v) is 4.10. The number of hydrogen-bond acceptors (Lipinski definition) is 5. The van der Waals surface area contributed by atoms with Crippen LogP contribution in [0, 0.1) is 6.92 Å². The van der Waals surface area contributed by atoms with E-state index in [-0.39, 0.29) is 6.04 Å². The Hall–Kier alpha value is -2.21. The fraction of sp³-hybridized carbons (Fsp3) is 0.400. The van der Waals surface area contributed by atoms with Crippen molar-refractivity contribution in [2.45, 2.75) is 25.8 Å². The number of nitrogens with zero attached hydrogens (tertiary/aromatic N) is 4. The van der Waals surface area contributed by atoms with Crippen molar-refractivity contribution in [3.8, 4) is 0 Å². The highest BCUT2D eigenvalue weighted by atomic mass is 15.2. The van der Waals surface area contributed by atoms with Gasteiger partial charge in [-0.3, -0.25) is 0 Å². The van der Waals surface area contributed by atoms with E-state index in [4.69, 9.17) is 10.7 Å². The predicted octanol–water partition coefficient (Wildman–Crippen LogP) is 1.74. The van der Waals surface area contributed by atoms with Crippen molar-refractivity contribution in [2.24, 2.45) is 5.73 Å². The van der Waals surface area contributed by atoms with E-state index in [1.165, 1.54) is 0 Å². The van der Waals surface area contributed by atoms with Crippen LogP contribution in [-0.4, -0.2) is 39.1 Å². The first-order valence-electron chi connectivity index (χ1n) is 7.33. The van der Waals surface area contributed by atoms with Gasteiger partial charge in [0.25, 0.3) is 0 Å². The van der Waals surface area contributed by atoms with Gasteiger partial charge in [-0.15, -0.1) is 0 Å². The Morgan fingerprint density at radius 3 is 3.14 bits per heavy atom. The Labute approximate surface area is 122 Å². The lowest BCUT2D eigenvalue weighted by molar-refractivity contribution is 0.504. The number of H-pyrrole nitrogens is 1. The van der Waals surface area contributed by atoms with Gasteiger partial charge in [0, 0.05) is 30.7 Å². The van der Waals surface area contributed by atoms with Crippen molar-refractivity contribution in [1.29, 1.82) is 0 Å². The lowest BCUT2D eigenvalue weighted by Crippen LogP contribution is -2.43. The van der Waals surface area contributed by atoms with Crippen LogP contribution >= 0.6 is 0 Å². The molecule has 6 nitrogen and oxygen atoms in total. The van der Waals surface area contributed by atoms with Crippen LogP contribution in [0.5, 0.6) is 0 Å². The molecule has 0 amide bonds. The number of pyridine rings is 1. The molecule has 1 aliphatic rings. The average Bonchev–Trinajstić information content (AvgIpc) is 2.94. The lowest BCUT2D eigenvalue weighted by Gasteiger charge is -2.32. The molecule has 3 N–H and O–H groups in total. The summed E-state index contributed by atoms with van der Waals surface area (Å²) in [5, 5.41) is 2.14. The van der Waals surface area contributed by atoms with Crippen LogP contribution in [0.1, 0.15) is 18.7 Å². The molecule has 1 fully saturated rings. The molecule has 0 saturated carbocycles. The average molecular weight is 282 g/mol. The zero-order valence-electron chi connectivity index (χ0n) is 12.0. The zero-order valence-corrected chi connectivity index (χ0v) is 12.0. The highest BCUT2D eigenvalue weighted by Crippen LogP contribution is 2.31. The normalized spacial score (nSPS) is 19.5. The number of nitrogens with two attached hydrogens (primary N) is 1. The van der Waals surface area contributed by atoms with Crippen molar-refractivity contribution in [3.05, 3.63) is 24.3 Å². The fourth-order valence-electron chi connectivity index (χ4n) is 3.16. The molecular weight excluding hydrogens is 264 g/mol. The van der Waals surface area contributed by atoms with Gasteiger partial charge in [-0.1, -0.05) is 0 Å². The van der Waals surface area contributed by atoms with Crippen molar-refractivity contribution >= 4 is 27.8 Å². The molecule has 0 aliphatic carbocycles. The lowest BCUT2D eigenvalue weighted by atomic mass is 10.1. The maximum absolute atomic E-state index is 6.14. The summed E-state index contributed by atoms with van der Waals surface area (Å²) in [5.74, 6) is 1.88. The Morgan fingerprint density at radius 1 is 1.38 bits per heavy atom. The van der Waals surface area contributed by atoms with Crippen molar-refractivity contribution in [3.63, 3.8) is 0 Å². The predicted molar refractivity (Wildman–Crippen MR) is 83.3 cm³/mol. The van der Waals surface area contributed by atoms with E-state index in [1.54, 1.807) is 6.20 Å². The number of anilines is 1. The maximum atomic E-state index is 6.14. The van der Waals surface area contributed by atoms with Crippen LogP contribution in [-0.2, 0) is 0 Å². The number of rotatable bonds is 1. The molecule has 0 radical (unpaired) electrons. The van der Waals surface area contributed by atoms with Gasteiger partial charge < -0.3 is 15.6 Å². The van der Waals surface area contributed by atoms with Crippen LogP contribution in [0.4, 0.5) is 5.82 Å². The molecular formula is C15H18N6. The summed E-state index contributed by atoms with van der Waals surface area (Å²) in [6.07, 6.45) is 5.83. The van der Waals surface area contributed by atoms with Crippen molar-refractivity contribution < 1.29 is 0 Å². The first kappa shape index (κ1) is 12.5. The quantitative estimate of drug-likeness (QED) is 0.710. The van der Waals surface area contributed by atoms with E-state index in [0.29, 0.717) is 0 Å².